The van der Waals surface area contributed by atoms with Crippen molar-refractivity contribution in [1.82, 2.24) is 9.88 Å². The Hall–Kier alpha value is -1.68. The maximum absolute atomic E-state index is 14.0. The molecule has 1 aromatic heterocycles. The molecule has 1 aliphatic rings. The first-order valence-corrected chi connectivity index (χ1v) is 5.54. The van der Waals surface area contributed by atoms with Gasteiger partial charge in [-0.2, -0.15) is 5.26 Å². The van der Waals surface area contributed by atoms with Crippen LogP contribution in [0.1, 0.15) is 21.9 Å². The van der Waals surface area contributed by atoms with E-state index in [9.17, 15) is 4.39 Å². The number of fused-ring (bicyclic) bond motifs is 1. The van der Waals surface area contributed by atoms with Crippen molar-refractivity contribution in [1.29, 1.82) is 5.26 Å². The smallest absolute Gasteiger partial charge is 0.218 e. The summed E-state index contributed by atoms with van der Waals surface area (Å²) >= 11 is 1.50. The summed E-state index contributed by atoms with van der Waals surface area (Å²) in [5, 5.41) is 9.21. The van der Waals surface area contributed by atoms with E-state index in [1.54, 1.807) is 6.19 Å². The standard InChI is InChI=1S/C9H10FN5S/c1-5-14-7-6(16-5)2-3-15(8(7)10)9(12)13-4-11/h8H,2-3H2,1H3,(H2,12,13). The number of nitriles is 1. The topological polar surface area (TPSA) is 78.3 Å². The minimum atomic E-state index is -1.40. The highest BCUT2D eigenvalue weighted by molar-refractivity contribution is 7.11. The van der Waals surface area contributed by atoms with Crippen molar-refractivity contribution in [2.24, 2.45) is 10.7 Å². The molecular weight excluding hydrogens is 229 g/mol. The summed E-state index contributed by atoms with van der Waals surface area (Å²) in [6.45, 7) is 2.26. The van der Waals surface area contributed by atoms with E-state index in [0.717, 1.165) is 9.88 Å². The molecule has 5 nitrogen and oxygen atoms in total. The summed E-state index contributed by atoms with van der Waals surface area (Å²) in [5.74, 6) is -0.0914. The van der Waals surface area contributed by atoms with E-state index in [4.69, 9.17) is 11.0 Å². The SMILES string of the molecule is Cc1nc2c(s1)CCN(C(N)=NC#N)C2F. The molecule has 7 heteroatoms. The Morgan fingerprint density at radius 1 is 1.81 bits per heavy atom. The third-order valence-electron chi connectivity index (χ3n) is 2.37. The Bertz CT molecular complexity index is 475. The van der Waals surface area contributed by atoms with Gasteiger partial charge in [-0.3, -0.25) is 0 Å². The van der Waals surface area contributed by atoms with Crippen LogP contribution >= 0.6 is 11.3 Å². The number of aryl methyl sites for hydroxylation is 1. The third kappa shape index (κ3) is 1.72. The molecule has 0 spiro atoms. The summed E-state index contributed by atoms with van der Waals surface area (Å²) < 4.78 is 14.0. The lowest BCUT2D eigenvalue weighted by molar-refractivity contribution is 0.139. The number of rotatable bonds is 0. The first kappa shape index (κ1) is 10.8. The van der Waals surface area contributed by atoms with E-state index in [2.05, 4.69) is 9.98 Å². The average molecular weight is 239 g/mol. The van der Waals surface area contributed by atoms with Gasteiger partial charge in [-0.1, -0.05) is 0 Å². The molecule has 0 saturated carbocycles. The van der Waals surface area contributed by atoms with E-state index in [1.165, 1.54) is 16.2 Å². The summed E-state index contributed by atoms with van der Waals surface area (Å²) in [4.78, 5) is 9.68. The molecule has 1 unspecified atom stereocenters. The zero-order valence-corrected chi connectivity index (χ0v) is 9.46. The molecule has 0 aromatic carbocycles. The van der Waals surface area contributed by atoms with Crippen LogP contribution in [0, 0.1) is 18.4 Å². The molecule has 16 heavy (non-hydrogen) atoms. The van der Waals surface area contributed by atoms with Crippen LogP contribution in [-0.4, -0.2) is 22.4 Å². The lowest BCUT2D eigenvalue weighted by Crippen LogP contribution is -2.42. The van der Waals surface area contributed by atoms with Gasteiger partial charge in [0, 0.05) is 17.8 Å². The molecule has 0 aliphatic carbocycles. The van der Waals surface area contributed by atoms with Crippen molar-refractivity contribution in [3.63, 3.8) is 0 Å². The minimum absolute atomic E-state index is 0.0914. The normalized spacial score (nSPS) is 20.4. The van der Waals surface area contributed by atoms with Gasteiger partial charge in [0.1, 0.15) is 5.69 Å². The molecule has 0 saturated heterocycles. The van der Waals surface area contributed by atoms with Crippen LogP contribution in [0.25, 0.3) is 0 Å². The molecule has 0 bridgehead atoms. The number of hydrogen-bond donors (Lipinski definition) is 1. The molecule has 1 aromatic rings. The second kappa shape index (κ2) is 4.06. The summed E-state index contributed by atoms with van der Waals surface area (Å²) in [5.41, 5.74) is 5.91. The number of halogens is 1. The Kier molecular flexibility index (Phi) is 2.75. The van der Waals surface area contributed by atoms with Crippen molar-refractivity contribution in [3.05, 3.63) is 15.6 Å². The van der Waals surface area contributed by atoms with Crippen LogP contribution in [0.2, 0.25) is 0 Å². The highest BCUT2D eigenvalue weighted by atomic mass is 32.1. The molecule has 2 N–H and O–H groups in total. The van der Waals surface area contributed by atoms with Crippen molar-refractivity contribution in [3.8, 4) is 6.19 Å². The van der Waals surface area contributed by atoms with Gasteiger partial charge < -0.3 is 10.6 Å². The molecule has 2 rings (SSSR count). The summed E-state index contributed by atoms with van der Waals surface area (Å²) in [7, 11) is 0. The van der Waals surface area contributed by atoms with E-state index in [0.29, 0.717) is 18.7 Å². The fraction of sp³-hybridized carbons (Fsp3) is 0.444. The second-order valence-electron chi connectivity index (χ2n) is 3.39. The maximum atomic E-state index is 14.0. The molecule has 0 fully saturated rings. The fourth-order valence-corrected chi connectivity index (χ4v) is 2.62. The number of aliphatic imine (C=N–C) groups is 1. The van der Waals surface area contributed by atoms with E-state index < -0.39 is 6.30 Å². The van der Waals surface area contributed by atoms with Gasteiger partial charge in [0.05, 0.1) is 5.01 Å². The quantitative estimate of drug-likeness (QED) is 0.318. The van der Waals surface area contributed by atoms with Crippen LogP contribution < -0.4 is 5.73 Å². The van der Waals surface area contributed by atoms with E-state index in [1.807, 2.05) is 6.92 Å². The molecule has 0 amide bonds. The van der Waals surface area contributed by atoms with Gasteiger partial charge in [-0.25, -0.2) is 9.37 Å². The van der Waals surface area contributed by atoms with Crippen LogP contribution in [0.15, 0.2) is 4.99 Å². The van der Waals surface area contributed by atoms with Crippen LogP contribution in [0.5, 0.6) is 0 Å². The number of hydrogen-bond acceptors (Lipinski definition) is 4. The molecule has 2 heterocycles. The van der Waals surface area contributed by atoms with Gasteiger partial charge in [-0.15, -0.1) is 16.3 Å². The highest BCUT2D eigenvalue weighted by Crippen LogP contribution is 2.33. The predicted molar refractivity (Wildman–Crippen MR) is 58.3 cm³/mol. The Morgan fingerprint density at radius 3 is 3.25 bits per heavy atom. The molecule has 84 valence electrons. The number of nitrogens with zero attached hydrogens (tertiary/aromatic N) is 4. The van der Waals surface area contributed by atoms with Gasteiger partial charge in [0.15, 0.2) is 0 Å². The molecular formula is C9H10FN5S. The minimum Gasteiger partial charge on any atom is -0.369 e. The van der Waals surface area contributed by atoms with E-state index >= 15 is 0 Å². The molecule has 0 radical (unpaired) electrons. The number of nitrogens with two attached hydrogens (primary N) is 1. The predicted octanol–water partition coefficient (Wildman–Crippen LogP) is 1.07. The van der Waals surface area contributed by atoms with Crippen LogP contribution in [0.4, 0.5) is 4.39 Å². The largest absolute Gasteiger partial charge is 0.369 e. The first-order valence-electron chi connectivity index (χ1n) is 4.72. The van der Waals surface area contributed by atoms with Crippen LogP contribution in [-0.2, 0) is 6.42 Å². The Labute approximate surface area is 96.0 Å². The fourth-order valence-electron chi connectivity index (χ4n) is 1.68. The number of alkyl halides is 1. The lowest BCUT2D eigenvalue weighted by atomic mass is 10.2. The number of aromatic nitrogens is 1. The van der Waals surface area contributed by atoms with Gasteiger partial charge >= 0.3 is 0 Å². The van der Waals surface area contributed by atoms with Gasteiger partial charge in [0.25, 0.3) is 0 Å². The number of thiazole rings is 1. The lowest BCUT2D eigenvalue weighted by Gasteiger charge is -2.29. The number of guanidine groups is 1. The summed E-state index contributed by atoms with van der Waals surface area (Å²) in [6, 6.07) is 0. The molecule has 1 aliphatic heterocycles. The second-order valence-corrected chi connectivity index (χ2v) is 4.68. The zero-order valence-electron chi connectivity index (χ0n) is 8.64. The van der Waals surface area contributed by atoms with Gasteiger partial charge in [-0.05, 0) is 6.92 Å². The van der Waals surface area contributed by atoms with Crippen molar-refractivity contribution in [2.45, 2.75) is 19.6 Å². The third-order valence-corrected chi connectivity index (χ3v) is 3.42. The van der Waals surface area contributed by atoms with E-state index in [-0.39, 0.29) is 5.96 Å². The van der Waals surface area contributed by atoms with Crippen molar-refractivity contribution >= 4 is 17.3 Å². The maximum Gasteiger partial charge on any atom is 0.218 e. The summed E-state index contributed by atoms with van der Waals surface area (Å²) in [6.07, 6.45) is 0.837. The Morgan fingerprint density at radius 2 is 2.56 bits per heavy atom. The average Bonchev–Trinajstić information content (AvgIpc) is 2.60. The van der Waals surface area contributed by atoms with Crippen molar-refractivity contribution in [2.75, 3.05) is 6.54 Å². The Balaban J connectivity index is 2.31. The monoisotopic (exact) mass is 239 g/mol. The molecule has 1 atom stereocenters. The highest BCUT2D eigenvalue weighted by Gasteiger charge is 2.31. The zero-order chi connectivity index (χ0) is 11.7. The van der Waals surface area contributed by atoms with Crippen molar-refractivity contribution < 1.29 is 4.39 Å². The first-order chi connectivity index (χ1) is 7.63. The van der Waals surface area contributed by atoms with Crippen LogP contribution in [0.3, 0.4) is 0 Å². The van der Waals surface area contributed by atoms with Gasteiger partial charge in [0.2, 0.25) is 18.4 Å².